The first-order valence-corrected chi connectivity index (χ1v) is 9.92. The fourth-order valence-corrected chi connectivity index (χ4v) is 4.50. The molecule has 3 unspecified atom stereocenters. The Morgan fingerprint density at radius 2 is 1.85 bits per heavy atom. The molecule has 0 saturated heterocycles. The van der Waals surface area contributed by atoms with Gasteiger partial charge in [-0.3, -0.25) is 0 Å². The Kier molecular flexibility index (Phi) is 5.95. The minimum atomic E-state index is 0.426. The van der Waals surface area contributed by atoms with Crippen LogP contribution in [0.2, 0.25) is 0 Å². The topological polar surface area (TPSA) is 17.0 Å². The number of hydrogen-bond acceptors (Lipinski definition) is 1. The van der Waals surface area contributed by atoms with Crippen LogP contribution >= 0.6 is 0 Å². The molecule has 0 aromatic carbocycles. The summed E-state index contributed by atoms with van der Waals surface area (Å²) in [6, 6.07) is 2.73. The van der Waals surface area contributed by atoms with Crippen molar-refractivity contribution >= 4 is 17.3 Å². The molecule has 2 rings (SSSR count). The second-order valence-electron chi connectivity index (χ2n) is 9.29. The molecule has 0 amide bonds. The lowest BCUT2D eigenvalue weighted by molar-refractivity contribution is 0.0749. The van der Waals surface area contributed by atoms with Crippen LogP contribution in [0.3, 0.4) is 0 Å². The van der Waals surface area contributed by atoms with Gasteiger partial charge in [0, 0.05) is 23.7 Å². The molecule has 1 heterocycles. The molecule has 1 fully saturated rings. The van der Waals surface area contributed by atoms with Gasteiger partial charge in [-0.05, 0) is 56.9 Å². The van der Waals surface area contributed by atoms with Gasteiger partial charge in [0.1, 0.15) is 0 Å². The monoisotopic (exact) mass is 354 g/mol. The van der Waals surface area contributed by atoms with Gasteiger partial charge in [0.2, 0.25) is 0 Å². The van der Waals surface area contributed by atoms with E-state index in [0.717, 1.165) is 11.3 Å². The van der Waals surface area contributed by atoms with E-state index in [0.29, 0.717) is 23.3 Å². The highest BCUT2D eigenvalue weighted by atomic mass is 15.0. The molecule has 1 aliphatic carbocycles. The Morgan fingerprint density at radius 1 is 1.23 bits per heavy atom. The van der Waals surface area contributed by atoms with Crippen LogP contribution in [-0.2, 0) is 7.05 Å². The minimum Gasteiger partial charge on any atom is -0.381 e. The van der Waals surface area contributed by atoms with E-state index in [1.165, 1.54) is 34.7 Å². The van der Waals surface area contributed by atoms with Gasteiger partial charge in [0.05, 0.1) is 11.4 Å². The van der Waals surface area contributed by atoms with E-state index < -0.39 is 0 Å². The van der Waals surface area contributed by atoms with Crippen molar-refractivity contribution in [3.05, 3.63) is 41.1 Å². The molecule has 1 saturated carbocycles. The lowest BCUT2D eigenvalue weighted by atomic mass is 9.63. The standard InChI is InChI=1S/C24H38N2/c1-15(2)13-20-14-22(26(10)23(20)16(3)4)19(7)25-21-11-12-24(8,9)18(6)17(21)5/h13-14,17-18,21,25H,1,7,11-12H2,2-6,8-10H3/b20-13-. The van der Waals surface area contributed by atoms with Gasteiger partial charge in [0.25, 0.3) is 0 Å². The number of nitrogens with zero attached hydrogens (tertiary/aromatic N) is 1. The molecule has 144 valence electrons. The molecule has 1 N–H and O–H groups in total. The molecule has 0 bridgehead atoms. The maximum absolute atomic E-state index is 4.39. The third-order valence-corrected chi connectivity index (χ3v) is 6.56. The molecule has 1 aromatic heterocycles. The molecular weight excluding hydrogens is 316 g/mol. The predicted octanol–water partition coefficient (Wildman–Crippen LogP) is 4.59. The summed E-state index contributed by atoms with van der Waals surface area (Å²) in [4.78, 5) is 0. The zero-order valence-electron chi connectivity index (χ0n) is 18.2. The first-order valence-electron chi connectivity index (χ1n) is 9.92. The molecule has 2 nitrogen and oxygen atoms in total. The van der Waals surface area contributed by atoms with Crippen molar-refractivity contribution in [2.24, 2.45) is 24.3 Å². The Morgan fingerprint density at radius 3 is 2.38 bits per heavy atom. The van der Waals surface area contributed by atoms with Crippen LogP contribution in [0, 0.1) is 17.3 Å². The van der Waals surface area contributed by atoms with E-state index >= 15 is 0 Å². The smallest absolute Gasteiger partial charge is 0.0644 e. The van der Waals surface area contributed by atoms with Crippen molar-refractivity contribution in [1.29, 1.82) is 0 Å². The predicted molar refractivity (Wildman–Crippen MR) is 116 cm³/mol. The third-order valence-electron chi connectivity index (χ3n) is 6.56. The summed E-state index contributed by atoms with van der Waals surface area (Å²) in [5, 5.41) is 6.25. The van der Waals surface area contributed by atoms with Crippen LogP contribution in [0.5, 0.6) is 0 Å². The molecule has 1 aliphatic rings. The molecule has 3 atom stereocenters. The van der Waals surface area contributed by atoms with E-state index in [2.05, 4.69) is 83.8 Å². The third kappa shape index (κ3) is 4.00. The molecular formula is C24H38N2. The highest BCUT2D eigenvalue weighted by Crippen LogP contribution is 2.43. The number of rotatable bonds is 4. The molecule has 2 heteroatoms. The van der Waals surface area contributed by atoms with Gasteiger partial charge in [0.15, 0.2) is 0 Å². The minimum absolute atomic E-state index is 0.426. The molecule has 1 aromatic rings. The lowest BCUT2D eigenvalue weighted by Gasteiger charge is -2.46. The van der Waals surface area contributed by atoms with E-state index in [1.54, 1.807) is 0 Å². The van der Waals surface area contributed by atoms with Crippen molar-refractivity contribution in [2.75, 3.05) is 0 Å². The van der Waals surface area contributed by atoms with E-state index in [-0.39, 0.29) is 0 Å². The second-order valence-corrected chi connectivity index (χ2v) is 9.29. The first kappa shape index (κ1) is 20.6. The number of nitrogens with one attached hydrogen (secondary N) is 1. The maximum atomic E-state index is 4.39. The zero-order valence-corrected chi connectivity index (χ0v) is 18.2. The van der Waals surface area contributed by atoms with Crippen molar-refractivity contribution in [1.82, 2.24) is 9.88 Å². The summed E-state index contributed by atoms with van der Waals surface area (Å²) in [7, 11) is 2.14. The van der Waals surface area contributed by atoms with Gasteiger partial charge in [-0.25, -0.2) is 0 Å². The average molecular weight is 355 g/mol. The summed E-state index contributed by atoms with van der Waals surface area (Å²) in [5.41, 5.74) is 4.99. The van der Waals surface area contributed by atoms with Gasteiger partial charge in [-0.1, -0.05) is 58.1 Å². The summed E-state index contributed by atoms with van der Waals surface area (Å²) < 4.78 is 2.26. The summed E-state index contributed by atoms with van der Waals surface area (Å²) in [6.45, 7) is 24.4. The average Bonchev–Trinajstić information content (AvgIpc) is 2.84. The fraction of sp³-hybridized carbons (Fsp3) is 0.583. The summed E-state index contributed by atoms with van der Waals surface area (Å²) in [6.07, 6.45) is 4.63. The molecule has 0 aliphatic heterocycles. The molecule has 0 radical (unpaired) electrons. The van der Waals surface area contributed by atoms with Gasteiger partial charge in [-0.2, -0.15) is 0 Å². The van der Waals surface area contributed by atoms with Crippen molar-refractivity contribution in [3.8, 4) is 0 Å². The van der Waals surface area contributed by atoms with Crippen molar-refractivity contribution in [3.63, 3.8) is 0 Å². The Balaban J connectivity index is 2.35. The van der Waals surface area contributed by atoms with Gasteiger partial charge in [-0.15, -0.1) is 0 Å². The number of aromatic nitrogens is 1. The Labute approximate surface area is 160 Å². The van der Waals surface area contributed by atoms with Crippen LogP contribution in [0.25, 0.3) is 17.3 Å². The van der Waals surface area contributed by atoms with E-state index in [4.69, 9.17) is 0 Å². The second kappa shape index (κ2) is 7.50. The number of hydrogen-bond donors (Lipinski definition) is 1. The number of allylic oxidation sites excluding steroid dienone is 1. The largest absolute Gasteiger partial charge is 0.381 e. The Hall–Kier alpha value is -1.70. The SMILES string of the molecule is C=C(C)/C=c1/cc(C(=C)NC2CCC(C)(C)C(C)C2C)n(C)c1=C(C)C. The summed E-state index contributed by atoms with van der Waals surface area (Å²) >= 11 is 0. The normalized spacial score (nSPS) is 25.8. The maximum Gasteiger partial charge on any atom is 0.0644 e. The first-order chi connectivity index (χ1) is 12.0. The van der Waals surface area contributed by atoms with Gasteiger partial charge >= 0.3 is 0 Å². The summed E-state index contributed by atoms with van der Waals surface area (Å²) in [5.74, 6) is 1.33. The Bertz CT molecular complexity index is 815. The highest BCUT2D eigenvalue weighted by Gasteiger charge is 2.39. The highest BCUT2D eigenvalue weighted by molar-refractivity contribution is 5.62. The molecule has 26 heavy (non-hydrogen) atoms. The van der Waals surface area contributed by atoms with E-state index in [9.17, 15) is 0 Å². The quantitative estimate of drug-likeness (QED) is 0.836. The van der Waals surface area contributed by atoms with Crippen LogP contribution in [0.1, 0.15) is 67.0 Å². The van der Waals surface area contributed by atoms with Crippen molar-refractivity contribution < 1.29 is 0 Å². The fourth-order valence-electron chi connectivity index (χ4n) is 4.50. The van der Waals surface area contributed by atoms with Crippen LogP contribution in [0.4, 0.5) is 0 Å². The van der Waals surface area contributed by atoms with Gasteiger partial charge < -0.3 is 9.88 Å². The zero-order chi connectivity index (χ0) is 19.8. The van der Waals surface area contributed by atoms with Crippen LogP contribution in [-0.4, -0.2) is 10.6 Å². The van der Waals surface area contributed by atoms with Crippen LogP contribution in [0.15, 0.2) is 24.8 Å². The lowest BCUT2D eigenvalue weighted by Crippen LogP contribution is -2.46. The van der Waals surface area contributed by atoms with E-state index in [1.807, 2.05) is 6.92 Å². The van der Waals surface area contributed by atoms with Crippen molar-refractivity contribution in [2.45, 2.75) is 67.3 Å². The molecule has 0 spiro atoms. The van der Waals surface area contributed by atoms with Crippen LogP contribution < -0.4 is 15.9 Å².